The zero-order chi connectivity index (χ0) is 30.9. The van der Waals surface area contributed by atoms with Crippen LogP contribution in [0.5, 0.6) is 0 Å². The lowest BCUT2D eigenvalue weighted by atomic mass is 9.98. The van der Waals surface area contributed by atoms with Crippen molar-refractivity contribution in [3.05, 3.63) is 158 Å². The molecule has 0 unspecified atom stereocenters. The van der Waals surface area contributed by atoms with Crippen LogP contribution in [0.1, 0.15) is 0 Å². The van der Waals surface area contributed by atoms with Crippen LogP contribution in [0, 0.1) is 0 Å². The predicted molar refractivity (Wildman–Crippen MR) is 198 cm³/mol. The molecule has 0 spiro atoms. The van der Waals surface area contributed by atoms with Gasteiger partial charge in [0.25, 0.3) is 0 Å². The van der Waals surface area contributed by atoms with Crippen LogP contribution in [0.3, 0.4) is 0 Å². The van der Waals surface area contributed by atoms with Crippen LogP contribution in [0.4, 0.5) is 0 Å². The van der Waals surface area contributed by atoms with Gasteiger partial charge in [-0.05, 0) is 70.8 Å². The largest absolute Gasteiger partial charge is 0.435 e. The number of oxazole rings is 1. The maximum absolute atomic E-state index is 6.81. The van der Waals surface area contributed by atoms with Gasteiger partial charge in [0.2, 0.25) is 5.89 Å². The normalized spacial score (nSPS) is 11.8. The lowest BCUT2D eigenvalue weighted by Crippen LogP contribution is -1.92. The molecule has 0 aliphatic heterocycles. The molecule has 7 aromatic carbocycles. The molecule has 0 N–H and O–H groups in total. The van der Waals surface area contributed by atoms with E-state index in [1.54, 1.807) is 0 Å². The maximum Gasteiger partial charge on any atom is 0.228 e. The molecule has 0 aliphatic rings. The summed E-state index contributed by atoms with van der Waals surface area (Å²) >= 11 is 1.82. The van der Waals surface area contributed by atoms with Crippen molar-refractivity contribution in [3.8, 4) is 39.4 Å². The number of para-hydroxylation sites is 2. The van der Waals surface area contributed by atoms with Crippen LogP contribution in [0.15, 0.2) is 162 Å². The number of hydrogen-bond donors (Lipinski definition) is 0. The molecule has 4 heteroatoms. The van der Waals surface area contributed by atoms with Crippen LogP contribution >= 0.6 is 11.3 Å². The molecule has 0 amide bonds. The lowest BCUT2D eigenvalue weighted by molar-refractivity contribution is 0.624. The van der Waals surface area contributed by atoms with E-state index in [-0.39, 0.29) is 0 Å². The minimum Gasteiger partial charge on any atom is -0.435 e. The van der Waals surface area contributed by atoms with Crippen molar-refractivity contribution in [2.45, 2.75) is 0 Å². The minimum absolute atomic E-state index is 0.639. The van der Waals surface area contributed by atoms with Gasteiger partial charge in [-0.15, -0.1) is 11.3 Å². The summed E-state index contributed by atoms with van der Waals surface area (Å²) in [5.74, 6) is 0.639. The quantitative estimate of drug-likeness (QED) is 0.196. The molecule has 3 nitrogen and oxygen atoms in total. The molecule has 0 bridgehead atoms. The number of nitrogens with zero attached hydrogens (tertiary/aromatic N) is 2. The lowest BCUT2D eigenvalue weighted by Gasteiger charge is -2.07. The van der Waals surface area contributed by atoms with Crippen molar-refractivity contribution in [1.82, 2.24) is 9.55 Å². The third-order valence-corrected chi connectivity index (χ3v) is 10.4. The van der Waals surface area contributed by atoms with Gasteiger partial charge >= 0.3 is 0 Å². The highest BCUT2D eigenvalue weighted by molar-refractivity contribution is 7.26. The van der Waals surface area contributed by atoms with E-state index in [4.69, 9.17) is 9.40 Å². The summed E-state index contributed by atoms with van der Waals surface area (Å²) in [5.41, 5.74) is 11.0. The fraction of sp³-hybridized carbons (Fsp3) is 0. The molecule has 10 aromatic rings. The molecule has 3 aromatic heterocycles. The third kappa shape index (κ3) is 4.02. The number of thiophene rings is 1. The SMILES string of the molecule is c1ccc(-c2cccc(-c3cccc4c3sc3ccc5nc(-c6cccc7c6c6ccccc6n7-c6ccccc6)oc5c34)c2)cc1. The van der Waals surface area contributed by atoms with E-state index in [2.05, 4.69) is 162 Å². The van der Waals surface area contributed by atoms with Crippen molar-refractivity contribution in [3.63, 3.8) is 0 Å². The Morgan fingerprint density at radius 2 is 1.19 bits per heavy atom. The van der Waals surface area contributed by atoms with Gasteiger partial charge in [0.15, 0.2) is 5.58 Å². The van der Waals surface area contributed by atoms with E-state index in [0.717, 1.165) is 44.2 Å². The Morgan fingerprint density at radius 3 is 2.09 bits per heavy atom. The summed E-state index contributed by atoms with van der Waals surface area (Å²) in [6.45, 7) is 0. The number of aromatic nitrogens is 2. The number of benzene rings is 7. The van der Waals surface area contributed by atoms with Crippen molar-refractivity contribution in [1.29, 1.82) is 0 Å². The zero-order valence-corrected chi connectivity index (χ0v) is 26.0. The smallest absolute Gasteiger partial charge is 0.228 e. The molecular formula is C43H26N2OS. The molecular weight excluding hydrogens is 593 g/mol. The maximum atomic E-state index is 6.81. The summed E-state index contributed by atoms with van der Waals surface area (Å²) in [4.78, 5) is 5.11. The van der Waals surface area contributed by atoms with Crippen molar-refractivity contribution in [2.75, 3.05) is 0 Å². The average Bonchev–Trinajstić information content (AvgIpc) is 3.84. The molecule has 0 saturated carbocycles. The van der Waals surface area contributed by atoms with Gasteiger partial charge in [-0.2, -0.15) is 0 Å². The Labute approximate surface area is 274 Å². The number of rotatable bonds is 4. The van der Waals surface area contributed by atoms with Gasteiger partial charge in [0.05, 0.1) is 11.0 Å². The van der Waals surface area contributed by atoms with E-state index < -0.39 is 0 Å². The molecule has 0 radical (unpaired) electrons. The first kappa shape index (κ1) is 26.3. The van der Waals surface area contributed by atoms with E-state index >= 15 is 0 Å². The summed E-state index contributed by atoms with van der Waals surface area (Å²) < 4.78 is 11.6. The van der Waals surface area contributed by atoms with Crippen LogP contribution in [-0.4, -0.2) is 9.55 Å². The first-order chi connectivity index (χ1) is 23.3. The monoisotopic (exact) mass is 618 g/mol. The van der Waals surface area contributed by atoms with Gasteiger partial charge in [-0.25, -0.2) is 4.98 Å². The summed E-state index contributed by atoms with van der Waals surface area (Å²) in [6, 6.07) is 55.9. The summed E-state index contributed by atoms with van der Waals surface area (Å²) in [6.07, 6.45) is 0. The van der Waals surface area contributed by atoms with Gasteiger partial charge < -0.3 is 8.98 Å². The molecule has 220 valence electrons. The molecule has 0 saturated heterocycles. The highest BCUT2D eigenvalue weighted by Crippen LogP contribution is 2.45. The van der Waals surface area contributed by atoms with Crippen molar-refractivity contribution >= 4 is 64.4 Å². The first-order valence-electron chi connectivity index (χ1n) is 15.8. The van der Waals surface area contributed by atoms with Crippen LogP contribution in [0.2, 0.25) is 0 Å². The fourth-order valence-corrected chi connectivity index (χ4v) is 8.40. The third-order valence-electron chi connectivity index (χ3n) is 9.24. The average molecular weight is 619 g/mol. The Kier molecular flexibility index (Phi) is 5.74. The van der Waals surface area contributed by atoms with E-state index in [9.17, 15) is 0 Å². The second-order valence-corrected chi connectivity index (χ2v) is 13.0. The molecule has 0 aliphatic carbocycles. The first-order valence-corrected chi connectivity index (χ1v) is 16.6. The van der Waals surface area contributed by atoms with E-state index in [0.29, 0.717) is 5.89 Å². The van der Waals surface area contributed by atoms with Crippen molar-refractivity contribution < 1.29 is 4.42 Å². The van der Waals surface area contributed by atoms with Gasteiger partial charge in [-0.1, -0.05) is 109 Å². The van der Waals surface area contributed by atoms with Crippen LogP contribution in [-0.2, 0) is 0 Å². The van der Waals surface area contributed by atoms with Crippen LogP contribution < -0.4 is 0 Å². The predicted octanol–water partition coefficient (Wildman–Crippen LogP) is 12.3. The number of fused-ring (bicyclic) bond motifs is 8. The Morgan fingerprint density at radius 1 is 0.511 bits per heavy atom. The van der Waals surface area contributed by atoms with E-state index in [1.165, 1.54) is 42.4 Å². The minimum atomic E-state index is 0.639. The topological polar surface area (TPSA) is 31.0 Å². The summed E-state index contributed by atoms with van der Waals surface area (Å²) in [7, 11) is 0. The van der Waals surface area contributed by atoms with E-state index in [1.807, 2.05) is 11.3 Å². The van der Waals surface area contributed by atoms with Crippen LogP contribution in [0.25, 0.3) is 92.5 Å². The Bertz CT molecular complexity index is 2790. The molecule has 3 heterocycles. The zero-order valence-electron chi connectivity index (χ0n) is 25.2. The molecule has 10 rings (SSSR count). The highest BCUT2D eigenvalue weighted by Gasteiger charge is 2.21. The standard InChI is InChI=1S/C43H26N2OS/c1-3-12-27(13-4-1)28-14-9-15-29(26-28)31-19-10-20-33-40-38(47-42(31)33)25-24-35-41(40)46-43(44-35)34-21-11-23-37-39(34)32-18-7-8-22-36(32)45(37)30-16-5-2-6-17-30/h1-26H. The van der Waals surface area contributed by atoms with Gasteiger partial charge in [0, 0.05) is 42.2 Å². The van der Waals surface area contributed by atoms with Crippen molar-refractivity contribution in [2.24, 2.45) is 0 Å². The second kappa shape index (κ2) is 10.3. The second-order valence-electron chi connectivity index (χ2n) is 11.9. The molecule has 0 fully saturated rings. The Balaban J connectivity index is 1.18. The summed E-state index contributed by atoms with van der Waals surface area (Å²) in [5, 5.41) is 4.64. The highest BCUT2D eigenvalue weighted by atomic mass is 32.1. The van der Waals surface area contributed by atoms with Gasteiger partial charge in [0.1, 0.15) is 5.52 Å². The number of hydrogen-bond acceptors (Lipinski definition) is 3. The fourth-order valence-electron chi connectivity index (χ4n) is 7.16. The molecule has 0 atom stereocenters. The Hall–Kier alpha value is -5.97. The molecule has 47 heavy (non-hydrogen) atoms. The van der Waals surface area contributed by atoms with Gasteiger partial charge in [-0.3, -0.25) is 0 Å².